The van der Waals surface area contributed by atoms with Crippen molar-refractivity contribution < 1.29 is 4.74 Å². The molecule has 0 N–H and O–H groups in total. The minimum Gasteiger partial charge on any atom is -0.495 e. The van der Waals surface area contributed by atoms with Crippen LogP contribution in [0, 0.1) is 0 Å². The molecule has 3 rings (SSSR count). The zero-order valence-electron chi connectivity index (χ0n) is 15.7. The van der Waals surface area contributed by atoms with E-state index in [-0.39, 0.29) is 0 Å². The first-order valence-corrected chi connectivity index (χ1v) is 9.37. The number of para-hydroxylation sites is 2. The third-order valence-electron chi connectivity index (χ3n) is 5.46. The summed E-state index contributed by atoms with van der Waals surface area (Å²) in [5, 5.41) is 0. The molecular formula is C22H30N2O. The number of hydrogen-bond acceptors (Lipinski definition) is 3. The minimum atomic E-state index is 0.344. The summed E-state index contributed by atoms with van der Waals surface area (Å²) < 4.78 is 5.59. The molecule has 0 amide bonds. The monoisotopic (exact) mass is 338 g/mol. The van der Waals surface area contributed by atoms with Crippen molar-refractivity contribution in [3.8, 4) is 5.75 Å². The normalized spacial score (nSPS) is 17.7. The molecule has 1 aliphatic heterocycles. The van der Waals surface area contributed by atoms with E-state index < -0.39 is 0 Å². The highest BCUT2D eigenvalue weighted by atomic mass is 16.5. The lowest BCUT2D eigenvalue weighted by Crippen LogP contribution is -2.45. The Morgan fingerprint density at radius 3 is 2.24 bits per heavy atom. The molecule has 1 aliphatic rings. The molecule has 134 valence electrons. The summed E-state index contributed by atoms with van der Waals surface area (Å²) in [4.78, 5) is 5.03. The molecule has 1 saturated heterocycles. The molecule has 0 bridgehead atoms. The van der Waals surface area contributed by atoms with Crippen molar-refractivity contribution in [2.24, 2.45) is 0 Å². The van der Waals surface area contributed by atoms with Crippen LogP contribution in [0.3, 0.4) is 0 Å². The SMILES string of the molecule is COc1ccccc1N(C)C(C)C(c1ccccc1)N1CCCCC1. The van der Waals surface area contributed by atoms with Crippen molar-refractivity contribution in [3.63, 3.8) is 0 Å². The van der Waals surface area contributed by atoms with Gasteiger partial charge < -0.3 is 9.64 Å². The van der Waals surface area contributed by atoms with E-state index in [1.165, 1.54) is 37.9 Å². The Morgan fingerprint density at radius 1 is 0.920 bits per heavy atom. The van der Waals surface area contributed by atoms with E-state index in [0.717, 1.165) is 11.4 Å². The Morgan fingerprint density at radius 2 is 1.56 bits per heavy atom. The number of rotatable bonds is 6. The highest BCUT2D eigenvalue weighted by molar-refractivity contribution is 5.58. The predicted molar refractivity (Wildman–Crippen MR) is 105 cm³/mol. The van der Waals surface area contributed by atoms with Crippen LogP contribution in [0.4, 0.5) is 5.69 Å². The molecule has 2 aromatic carbocycles. The van der Waals surface area contributed by atoms with Crippen LogP contribution < -0.4 is 9.64 Å². The fraction of sp³-hybridized carbons (Fsp3) is 0.455. The van der Waals surface area contributed by atoms with Gasteiger partial charge in [-0.3, -0.25) is 4.90 Å². The minimum absolute atomic E-state index is 0.344. The van der Waals surface area contributed by atoms with Crippen LogP contribution >= 0.6 is 0 Å². The lowest BCUT2D eigenvalue weighted by atomic mass is 9.95. The van der Waals surface area contributed by atoms with Crippen LogP contribution in [0.2, 0.25) is 0 Å². The van der Waals surface area contributed by atoms with Crippen molar-refractivity contribution in [1.82, 2.24) is 4.90 Å². The van der Waals surface area contributed by atoms with Gasteiger partial charge in [0.25, 0.3) is 0 Å². The molecule has 2 unspecified atom stereocenters. The first kappa shape index (κ1) is 17.8. The number of benzene rings is 2. The number of hydrogen-bond donors (Lipinski definition) is 0. The highest BCUT2D eigenvalue weighted by Gasteiger charge is 2.30. The standard InChI is InChI=1S/C22H30N2O/c1-18(23(2)20-14-8-9-15-21(20)25-3)22(19-12-6-4-7-13-19)24-16-10-5-11-17-24/h4,6-9,12-15,18,22H,5,10-11,16-17H2,1-3H3. The molecule has 3 nitrogen and oxygen atoms in total. The highest BCUT2D eigenvalue weighted by Crippen LogP contribution is 2.35. The molecule has 0 aromatic heterocycles. The van der Waals surface area contributed by atoms with Crippen LogP contribution in [-0.4, -0.2) is 38.2 Å². The lowest BCUT2D eigenvalue weighted by molar-refractivity contribution is 0.145. The number of nitrogens with zero attached hydrogens (tertiary/aromatic N) is 2. The van der Waals surface area contributed by atoms with Gasteiger partial charge in [-0.15, -0.1) is 0 Å². The largest absolute Gasteiger partial charge is 0.495 e. The van der Waals surface area contributed by atoms with E-state index in [2.05, 4.69) is 66.2 Å². The molecule has 1 fully saturated rings. The van der Waals surface area contributed by atoms with Crippen molar-refractivity contribution in [3.05, 3.63) is 60.2 Å². The molecule has 0 spiro atoms. The number of anilines is 1. The Kier molecular flexibility index (Phi) is 5.98. The average Bonchev–Trinajstić information content (AvgIpc) is 2.69. The lowest BCUT2D eigenvalue weighted by Gasteiger charge is -2.42. The maximum atomic E-state index is 5.59. The number of ether oxygens (including phenoxy) is 1. The topological polar surface area (TPSA) is 15.7 Å². The van der Waals surface area contributed by atoms with Gasteiger partial charge in [0, 0.05) is 13.1 Å². The zero-order chi connectivity index (χ0) is 17.6. The van der Waals surface area contributed by atoms with E-state index in [1.54, 1.807) is 7.11 Å². The van der Waals surface area contributed by atoms with E-state index in [9.17, 15) is 0 Å². The third-order valence-corrected chi connectivity index (χ3v) is 5.46. The van der Waals surface area contributed by atoms with Crippen LogP contribution in [0.5, 0.6) is 5.75 Å². The molecule has 0 aliphatic carbocycles. The average molecular weight is 338 g/mol. The number of likely N-dealkylation sites (tertiary alicyclic amines) is 1. The van der Waals surface area contributed by atoms with Gasteiger partial charge in [-0.25, -0.2) is 0 Å². The quantitative estimate of drug-likeness (QED) is 0.756. The molecule has 1 heterocycles. The van der Waals surface area contributed by atoms with E-state index in [0.29, 0.717) is 12.1 Å². The Hall–Kier alpha value is -2.00. The summed E-state index contributed by atoms with van der Waals surface area (Å²) in [6, 6.07) is 20.0. The van der Waals surface area contributed by atoms with Crippen molar-refractivity contribution in [1.29, 1.82) is 0 Å². The van der Waals surface area contributed by atoms with E-state index in [1.807, 2.05) is 12.1 Å². The second kappa shape index (κ2) is 8.39. The summed E-state index contributed by atoms with van der Waals surface area (Å²) in [7, 11) is 3.93. The molecule has 3 heteroatoms. The summed E-state index contributed by atoms with van der Waals surface area (Å²) in [6.45, 7) is 4.70. The molecule has 25 heavy (non-hydrogen) atoms. The molecular weight excluding hydrogens is 308 g/mol. The van der Waals surface area contributed by atoms with Gasteiger partial charge in [-0.2, -0.15) is 0 Å². The first-order chi connectivity index (χ1) is 12.2. The second-order valence-electron chi connectivity index (χ2n) is 6.98. The molecule has 2 aromatic rings. The van der Waals surface area contributed by atoms with Gasteiger partial charge in [-0.05, 0) is 50.6 Å². The summed E-state index contributed by atoms with van der Waals surface area (Å²) in [5.74, 6) is 0.933. The Labute approximate surface area is 152 Å². The van der Waals surface area contributed by atoms with Gasteiger partial charge in [-0.1, -0.05) is 48.9 Å². The number of methoxy groups -OCH3 is 1. The third kappa shape index (κ3) is 3.98. The van der Waals surface area contributed by atoms with Gasteiger partial charge in [0.1, 0.15) is 5.75 Å². The zero-order valence-corrected chi connectivity index (χ0v) is 15.7. The predicted octanol–water partition coefficient (Wildman–Crippen LogP) is 4.75. The Bertz CT molecular complexity index is 652. The van der Waals surface area contributed by atoms with Crippen molar-refractivity contribution in [2.75, 3.05) is 32.1 Å². The second-order valence-corrected chi connectivity index (χ2v) is 6.98. The van der Waals surface area contributed by atoms with Crippen LogP contribution in [0.25, 0.3) is 0 Å². The fourth-order valence-corrected chi connectivity index (χ4v) is 3.99. The smallest absolute Gasteiger partial charge is 0.142 e. The van der Waals surface area contributed by atoms with Crippen molar-refractivity contribution >= 4 is 5.69 Å². The van der Waals surface area contributed by atoms with E-state index >= 15 is 0 Å². The number of piperidine rings is 1. The van der Waals surface area contributed by atoms with Crippen molar-refractivity contribution in [2.45, 2.75) is 38.3 Å². The van der Waals surface area contributed by atoms with Crippen LogP contribution in [0.15, 0.2) is 54.6 Å². The fourth-order valence-electron chi connectivity index (χ4n) is 3.99. The van der Waals surface area contributed by atoms with Gasteiger partial charge in [0.2, 0.25) is 0 Å². The summed E-state index contributed by atoms with van der Waals surface area (Å²) in [6.07, 6.45) is 3.96. The van der Waals surface area contributed by atoms with Gasteiger partial charge in [0.15, 0.2) is 0 Å². The molecule has 0 saturated carbocycles. The van der Waals surface area contributed by atoms with Gasteiger partial charge in [0.05, 0.1) is 18.8 Å². The summed E-state index contributed by atoms with van der Waals surface area (Å²) in [5.41, 5.74) is 2.55. The summed E-state index contributed by atoms with van der Waals surface area (Å²) >= 11 is 0. The maximum Gasteiger partial charge on any atom is 0.142 e. The van der Waals surface area contributed by atoms with Gasteiger partial charge >= 0.3 is 0 Å². The van der Waals surface area contributed by atoms with E-state index in [4.69, 9.17) is 4.74 Å². The maximum absolute atomic E-state index is 5.59. The Balaban J connectivity index is 1.91. The first-order valence-electron chi connectivity index (χ1n) is 9.37. The molecule has 2 atom stereocenters. The molecule has 0 radical (unpaired) electrons. The van der Waals surface area contributed by atoms with Crippen LogP contribution in [-0.2, 0) is 0 Å². The number of likely N-dealkylation sites (N-methyl/N-ethyl adjacent to an activating group) is 1. The van der Waals surface area contributed by atoms with Crippen LogP contribution in [0.1, 0.15) is 37.8 Å².